The minimum atomic E-state index is -0.408. The van der Waals surface area contributed by atoms with Gasteiger partial charge in [0.2, 0.25) is 0 Å². The molecular weight excluding hydrogens is 288 g/mol. The number of hydrogen-bond donors (Lipinski definition) is 1. The van der Waals surface area contributed by atoms with Gasteiger partial charge in [0.25, 0.3) is 5.69 Å². The zero-order valence-corrected chi connectivity index (χ0v) is 12.4. The zero-order chi connectivity index (χ0) is 15.2. The highest BCUT2D eigenvalue weighted by Gasteiger charge is 2.12. The number of methoxy groups -OCH3 is 1. The largest absolute Gasteiger partial charge is 0.496 e. The lowest BCUT2D eigenvalue weighted by molar-refractivity contribution is -0.384. The van der Waals surface area contributed by atoms with Crippen LogP contribution < -0.4 is 10.5 Å². The lowest BCUT2D eigenvalue weighted by Gasteiger charge is -2.15. The van der Waals surface area contributed by atoms with Crippen LogP contribution in [0, 0.1) is 10.1 Å². The number of nitrogens with two attached hydrogens (primary N) is 1. The molecule has 2 N–H and O–H groups in total. The van der Waals surface area contributed by atoms with Crippen molar-refractivity contribution >= 4 is 17.4 Å². The minimum Gasteiger partial charge on any atom is -0.496 e. The third kappa shape index (κ3) is 3.96. The summed E-state index contributed by atoms with van der Waals surface area (Å²) in [6.45, 7) is 0. The van der Waals surface area contributed by atoms with E-state index in [1.54, 1.807) is 31.0 Å². The van der Waals surface area contributed by atoms with Crippen LogP contribution >= 0.6 is 11.8 Å². The van der Waals surface area contributed by atoms with E-state index in [1.807, 2.05) is 24.3 Å². The fourth-order valence-corrected chi connectivity index (χ4v) is 2.79. The van der Waals surface area contributed by atoms with Gasteiger partial charge >= 0.3 is 0 Å². The number of rotatable bonds is 6. The van der Waals surface area contributed by atoms with Gasteiger partial charge in [-0.1, -0.05) is 18.2 Å². The molecule has 0 bridgehead atoms. The van der Waals surface area contributed by atoms with E-state index in [9.17, 15) is 10.1 Å². The second-order valence-electron chi connectivity index (χ2n) is 4.41. The van der Waals surface area contributed by atoms with Crippen LogP contribution in [0.1, 0.15) is 11.6 Å². The monoisotopic (exact) mass is 304 g/mol. The maximum absolute atomic E-state index is 10.6. The molecule has 2 aromatic carbocycles. The van der Waals surface area contributed by atoms with Crippen LogP contribution in [0.5, 0.6) is 5.75 Å². The van der Waals surface area contributed by atoms with Crippen LogP contribution in [0.15, 0.2) is 53.4 Å². The number of para-hydroxylation sites is 1. The van der Waals surface area contributed by atoms with Gasteiger partial charge in [-0.2, -0.15) is 0 Å². The Balaban J connectivity index is 2.00. The smallest absolute Gasteiger partial charge is 0.269 e. The fourth-order valence-electron chi connectivity index (χ4n) is 1.91. The van der Waals surface area contributed by atoms with Crippen LogP contribution in [0.25, 0.3) is 0 Å². The first-order valence-corrected chi connectivity index (χ1v) is 7.36. The van der Waals surface area contributed by atoms with Crippen molar-refractivity contribution in [2.75, 3.05) is 12.9 Å². The van der Waals surface area contributed by atoms with Gasteiger partial charge in [-0.25, -0.2) is 0 Å². The molecule has 1 atom stereocenters. The van der Waals surface area contributed by atoms with E-state index in [-0.39, 0.29) is 11.7 Å². The number of thioether (sulfide) groups is 1. The Morgan fingerprint density at radius 3 is 2.52 bits per heavy atom. The molecular formula is C15H16N2O3S. The second kappa shape index (κ2) is 7.10. The van der Waals surface area contributed by atoms with E-state index in [0.717, 1.165) is 16.2 Å². The van der Waals surface area contributed by atoms with Crippen molar-refractivity contribution in [1.82, 2.24) is 0 Å². The Labute approximate surface area is 127 Å². The lowest BCUT2D eigenvalue weighted by Crippen LogP contribution is -2.14. The number of non-ortho nitro benzene ring substituents is 1. The van der Waals surface area contributed by atoms with Crippen molar-refractivity contribution in [1.29, 1.82) is 0 Å². The summed E-state index contributed by atoms with van der Waals surface area (Å²) < 4.78 is 5.30. The number of nitro benzene ring substituents is 1. The fraction of sp³-hybridized carbons (Fsp3) is 0.200. The molecule has 0 fully saturated rings. The number of nitro groups is 1. The molecule has 2 rings (SSSR count). The SMILES string of the molecule is COc1ccccc1C(N)CSc1ccc([N+](=O)[O-])cc1. The molecule has 0 spiro atoms. The maximum Gasteiger partial charge on any atom is 0.269 e. The van der Waals surface area contributed by atoms with Crippen molar-refractivity contribution in [2.45, 2.75) is 10.9 Å². The molecule has 0 saturated heterocycles. The standard InChI is InChI=1S/C15H16N2O3S/c1-20-15-5-3-2-4-13(15)14(16)10-21-12-8-6-11(7-9-12)17(18)19/h2-9,14H,10,16H2,1H3. The molecule has 0 aliphatic carbocycles. The van der Waals surface area contributed by atoms with E-state index in [4.69, 9.17) is 10.5 Å². The van der Waals surface area contributed by atoms with Crippen LogP contribution in [0.3, 0.4) is 0 Å². The number of nitrogens with zero attached hydrogens (tertiary/aromatic N) is 1. The minimum absolute atomic E-state index is 0.0911. The molecule has 6 heteroatoms. The summed E-state index contributed by atoms with van der Waals surface area (Å²) in [4.78, 5) is 11.1. The van der Waals surface area contributed by atoms with Crippen LogP contribution in [0.2, 0.25) is 0 Å². The molecule has 21 heavy (non-hydrogen) atoms. The third-order valence-corrected chi connectivity index (χ3v) is 4.15. The Kier molecular flexibility index (Phi) is 5.19. The summed E-state index contributed by atoms with van der Waals surface area (Å²) in [6, 6.07) is 13.9. The van der Waals surface area contributed by atoms with E-state index >= 15 is 0 Å². The van der Waals surface area contributed by atoms with E-state index in [1.165, 1.54) is 12.1 Å². The molecule has 0 heterocycles. The Morgan fingerprint density at radius 2 is 1.90 bits per heavy atom. The molecule has 5 nitrogen and oxygen atoms in total. The van der Waals surface area contributed by atoms with Crippen molar-refractivity contribution in [3.8, 4) is 5.75 Å². The van der Waals surface area contributed by atoms with Gasteiger partial charge in [0.15, 0.2) is 0 Å². The lowest BCUT2D eigenvalue weighted by atomic mass is 10.1. The van der Waals surface area contributed by atoms with Crippen molar-refractivity contribution in [3.05, 3.63) is 64.2 Å². The van der Waals surface area contributed by atoms with E-state index in [2.05, 4.69) is 0 Å². The summed E-state index contributed by atoms with van der Waals surface area (Å²) in [7, 11) is 1.62. The highest BCUT2D eigenvalue weighted by molar-refractivity contribution is 7.99. The number of benzene rings is 2. The quantitative estimate of drug-likeness (QED) is 0.503. The summed E-state index contributed by atoms with van der Waals surface area (Å²) >= 11 is 1.56. The van der Waals surface area contributed by atoms with Gasteiger partial charge in [-0.3, -0.25) is 10.1 Å². The predicted octanol–water partition coefficient (Wildman–Crippen LogP) is 3.40. The topological polar surface area (TPSA) is 78.4 Å². The average Bonchev–Trinajstić information content (AvgIpc) is 2.52. The van der Waals surface area contributed by atoms with Gasteiger partial charge in [0, 0.05) is 34.4 Å². The molecule has 0 aliphatic heterocycles. The first kappa shape index (κ1) is 15.3. The van der Waals surface area contributed by atoms with Crippen LogP contribution in [-0.4, -0.2) is 17.8 Å². The molecule has 0 saturated carbocycles. The van der Waals surface area contributed by atoms with Crippen molar-refractivity contribution < 1.29 is 9.66 Å². The second-order valence-corrected chi connectivity index (χ2v) is 5.50. The van der Waals surface area contributed by atoms with E-state index in [0.29, 0.717) is 5.75 Å². The Hall–Kier alpha value is -2.05. The number of hydrogen-bond acceptors (Lipinski definition) is 5. The number of ether oxygens (including phenoxy) is 1. The first-order valence-electron chi connectivity index (χ1n) is 6.37. The predicted molar refractivity (Wildman–Crippen MR) is 83.7 cm³/mol. The summed E-state index contributed by atoms with van der Waals surface area (Å²) in [5.41, 5.74) is 7.23. The molecule has 0 radical (unpaired) electrons. The molecule has 0 aromatic heterocycles. The average molecular weight is 304 g/mol. The summed E-state index contributed by atoms with van der Waals surface area (Å²) in [5, 5.41) is 10.6. The molecule has 2 aromatic rings. The van der Waals surface area contributed by atoms with Crippen molar-refractivity contribution in [3.63, 3.8) is 0 Å². The van der Waals surface area contributed by atoms with Crippen LogP contribution in [-0.2, 0) is 0 Å². The molecule has 1 unspecified atom stereocenters. The Morgan fingerprint density at radius 1 is 1.24 bits per heavy atom. The van der Waals surface area contributed by atoms with Crippen molar-refractivity contribution in [2.24, 2.45) is 5.73 Å². The van der Waals surface area contributed by atoms with Gasteiger partial charge in [-0.15, -0.1) is 11.8 Å². The maximum atomic E-state index is 10.6. The molecule has 0 aliphatic rings. The summed E-state index contributed by atoms with van der Waals surface area (Å²) in [6.07, 6.45) is 0. The van der Waals surface area contributed by atoms with E-state index < -0.39 is 4.92 Å². The normalized spacial score (nSPS) is 11.9. The molecule has 110 valence electrons. The van der Waals surface area contributed by atoms with Gasteiger partial charge in [0.1, 0.15) is 5.75 Å². The molecule has 0 amide bonds. The van der Waals surface area contributed by atoms with Crippen LogP contribution in [0.4, 0.5) is 5.69 Å². The van der Waals surface area contributed by atoms with Gasteiger partial charge in [0.05, 0.1) is 12.0 Å². The van der Waals surface area contributed by atoms with Gasteiger partial charge in [-0.05, 0) is 18.2 Å². The zero-order valence-electron chi connectivity index (χ0n) is 11.6. The third-order valence-electron chi connectivity index (χ3n) is 3.02. The van der Waals surface area contributed by atoms with Gasteiger partial charge < -0.3 is 10.5 Å². The first-order chi connectivity index (χ1) is 10.1. The Bertz CT molecular complexity index is 617. The summed E-state index contributed by atoms with van der Waals surface area (Å²) in [5.74, 6) is 1.44. The highest BCUT2D eigenvalue weighted by atomic mass is 32.2. The highest BCUT2D eigenvalue weighted by Crippen LogP contribution is 2.29.